The number of allylic oxidation sites excluding steroid dienone is 8. The fraction of sp³-hybridized carbons (Fsp3) is 0.127. The van der Waals surface area contributed by atoms with Gasteiger partial charge in [-0.15, -0.1) is 0 Å². The van der Waals surface area contributed by atoms with Gasteiger partial charge in [0.05, 0.1) is 11.4 Å². The van der Waals surface area contributed by atoms with Crippen molar-refractivity contribution < 1.29 is 0 Å². The molecular weight excluding hydrogens is 689 g/mol. The molecule has 1 heterocycles. The van der Waals surface area contributed by atoms with Crippen LogP contribution in [0.25, 0.3) is 72.9 Å². The molecule has 2 nitrogen and oxygen atoms in total. The van der Waals surface area contributed by atoms with Gasteiger partial charge in [0.2, 0.25) is 0 Å². The monoisotopic (exact) mass is 732 g/mol. The molecule has 0 bridgehead atoms. The third kappa shape index (κ3) is 6.42. The average molecular weight is 733 g/mol. The Hall–Kier alpha value is -6.64. The lowest BCUT2D eigenvalue weighted by Crippen LogP contribution is -2.17. The summed E-state index contributed by atoms with van der Waals surface area (Å²) in [5, 5.41) is 0. The maximum atomic E-state index is 5.36. The molecule has 2 heteroatoms. The maximum absolute atomic E-state index is 5.36. The first-order valence-electron chi connectivity index (χ1n) is 20.3. The van der Waals surface area contributed by atoms with E-state index in [1.54, 1.807) is 0 Å². The van der Waals surface area contributed by atoms with Gasteiger partial charge in [-0.05, 0) is 105 Å². The summed E-state index contributed by atoms with van der Waals surface area (Å²) in [6.07, 6.45) is 13.6. The van der Waals surface area contributed by atoms with Crippen molar-refractivity contribution in [1.82, 2.24) is 9.97 Å². The Balaban J connectivity index is 1.05. The highest BCUT2D eigenvalue weighted by Crippen LogP contribution is 2.52. The summed E-state index contributed by atoms with van der Waals surface area (Å²) >= 11 is 0. The minimum atomic E-state index is 0.0151. The third-order valence-electron chi connectivity index (χ3n) is 12.1. The van der Waals surface area contributed by atoms with Gasteiger partial charge in [-0.3, -0.25) is 0 Å². The quantitative estimate of drug-likeness (QED) is 0.163. The van der Waals surface area contributed by atoms with Crippen molar-refractivity contribution in [3.05, 3.63) is 210 Å². The number of fused-ring (bicyclic) bond motifs is 2. The van der Waals surface area contributed by atoms with E-state index in [-0.39, 0.29) is 5.41 Å². The van der Waals surface area contributed by atoms with Gasteiger partial charge in [-0.1, -0.05) is 184 Å². The first-order valence-corrected chi connectivity index (χ1v) is 20.3. The SMILES string of the molecule is CC1(C)C2=C(CCC(c3ccc(-c4ccccc4-c4cc(-c5ccccc5)nc(-c5ccc(-c6ccccc6)c(C6=CCCC=C6)c5)n4)cc3)=C2)c2ccccc21. The van der Waals surface area contributed by atoms with Crippen LogP contribution >= 0.6 is 0 Å². The van der Waals surface area contributed by atoms with Crippen LogP contribution in [-0.4, -0.2) is 9.97 Å². The molecule has 0 aliphatic heterocycles. The highest BCUT2D eigenvalue weighted by Gasteiger charge is 2.37. The highest BCUT2D eigenvalue weighted by atomic mass is 14.9. The van der Waals surface area contributed by atoms with Crippen molar-refractivity contribution in [3.8, 4) is 56.2 Å². The molecule has 0 spiro atoms. The molecule has 0 amide bonds. The van der Waals surface area contributed by atoms with Crippen LogP contribution in [0.5, 0.6) is 0 Å². The Morgan fingerprint density at radius 1 is 0.474 bits per heavy atom. The van der Waals surface area contributed by atoms with Gasteiger partial charge in [0.25, 0.3) is 0 Å². The number of hydrogen-bond donors (Lipinski definition) is 0. The van der Waals surface area contributed by atoms with Crippen LogP contribution in [0, 0.1) is 0 Å². The first kappa shape index (κ1) is 34.8. The summed E-state index contributed by atoms with van der Waals surface area (Å²) in [6, 6.07) is 56.8. The van der Waals surface area contributed by atoms with Gasteiger partial charge in [0, 0.05) is 22.1 Å². The van der Waals surface area contributed by atoms with E-state index in [1.807, 2.05) is 0 Å². The van der Waals surface area contributed by atoms with E-state index in [2.05, 4.69) is 196 Å². The van der Waals surface area contributed by atoms with Crippen LogP contribution in [0.2, 0.25) is 0 Å². The summed E-state index contributed by atoms with van der Waals surface area (Å²) < 4.78 is 0. The fourth-order valence-electron chi connectivity index (χ4n) is 9.13. The molecule has 0 unspecified atom stereocenters. The summed E-state index contributed by atoms with van der Waals surface area (Å²) in [6.45, 7) is 4.75. The van der Waals surface area contributed by atoms with Crippen LogP contribution in [0.4, 0.5) is 0 Å². The minimum absolute atomic E-state index is 0.0151. The number of nitrogens with zero attached hydrogens (tertiary/aromatic N) is 2. The van der Waals surface area contributed by atoms with Crippen molar-refractivity contribution in [2.24, 2.45) is 0 Å². The van der Waals surface area contributed by atoms with Crippen LogP contribution in [0.1, 0.15) is 61.8 Å². The summed E-state index contributed by atoms with van der Waals surface area (Å²) in [4.78, 5) is 10.6. The number of benzene rings is 6. The largest absolute Gasteiger partial charge is 0.228 e. The van der Waals surface area contributed by atoms with Crippen molar-refractivity contribution in [3.63, 3.8) is 0 Å². The lowest BCUT2D eigenvalue weighted by atomic mass is 9.78. The van der Waals surface area contributed by atoms with Crippen LogP contribution in [-0.2, 0) is 5.41 Å². The summed E-state index contributed by atoms with van der Waals surface area (Å²) in [7, 11) is 0. The average Bonchev–Trinajstić information content (AvgIpc) is 3.52. The van der Waals surface area contributed by atoms with E-state index in [4.69, 9.17) is 9.97 Å². The molecule has 3 aliphatic carbocycles. The Morgan fingerprint density at radius 3 is 1.84 bits per heavy atom. The smallest absolute Gasteiger partial charge is 0.160 e. The molecule has 0 radical (unpaired) electrons. The normalized spacial score (nSPS) is 15.5. The molecule has 1 aromatic heterocycles. The molecule has 6 aromatic carbocycles. The molecule has 57 heavy (non-hydrogen) atoms. The van der Waals surface area contributed by atoms with E-state index < -0.39 is 0 Å². The zero-order valence-corrected chi connectivity index (χ0v) is 32.5. The lowest BCUT2D eigenvalue weighted by Gasteiger charge is -2.26. The zero-order valence-electron chi connectivity index (χ0n) is 32.5. The Morgan fingerprint density at radius 2 is 1.09 bits per heavy atom. The Kier molecular flexibility index (Phi) is 8.83. The zero-order chi connectivity index (χ0) is 38.3. The maximum Gasteiger partial charge on any atom is 0.160 e. The predicted molar refractivity (Wildman–Crippen MR) is 239 cm³/mol. The fourth-order valence-corrected chi connectivity index (χ4v) is 9.13. The molecule has 7 aromatic rings. The van der Waals surface area contributed by atoms with Crippen molar-refractivity contribution >= 4 is 16.7 Å². The number of aromatic nitrogens is 2. The number of rotatable bonds is 7. The molecule has 0 fully saturated rings. The predicted octanol–water partition coefficient (Wildman–Crippen LogP) is 14.5. The molecule has 3 aliphatic rings. The van der Waals surface area contributed by atoms with Gasteiger partial charge in [-0.25, -0.2) is 9.97 Å². The molecular formula is C55H44N2. The van der Waals surface area contributed by atoms with Crippen LogP contribution in [0.15, 0.2) is 188 Å². The van der Waals surface area contributed by atoms with E-state index in [1.165, 1.54) is 61.2 Å². The van der Waals surface area contributed by atoms with Crippen molar-refractivity contribution in [2.45, 2.75) is 44.9 Å². The second kappa shape index (κ2) is 14.5. The lowest BCUT2D eigenvalue weighted by molar-refractivity contribution is 0.652. The summed E-state index contributed by atoms with van der Waals surface area (Å²) in [5.74, 6) is 0.715. The number of hydrogen-bond acceptors (Lipinski definition) is 2. The van der Waals surface area contributed by atoms with Crippen molar-refractivity contribution in [1.29, 1.82) is 0 Å². The molecule has 10 rings (SSSR count). The second-order valence-electron chi connectivity index (χ2n) is 15.9. The second-order valence-corrected chi connectivity index (χ2v) is 15.9. The highest BCUT2D eigenvalue weighted by molar-refractivity contribution is 5.91. The Labute approximate surface area is 336 Å². The molecule has 0 atom stereocenters. The third-order valence-corrected chi connectivity index (χ3v) is 12.1. The Bertz CT molecular complexity index is 2780. The van der Waals surface area contributed by atoms with Gasteiger partial charge < -0.3 is 0 Å². The molecule has 274 valence electrons. The van der Waals surface area contributed by atoms with E-state index in [0.29, 0.717) is 5.82 Å². The van der Waals surface area contributed by atoms with E-state index >= 15 is 0 Å². The standard InChI is InChI=1S/C55H44N2/c1-55(2)50-25-15-14-23-46(50)47-33-30-42(35-51(47)55)37-26-28-40(29-27-37)44-22-12-13-24-48(44)53-36-52(41-20-10-5-11-21-41)56-54(57-53)43-31-32-45(38-16-6-3-7-17-38)49(34-43)39-18-8-4-9-19-39/h3,5-8,10-29,31-32,34-36H,4,9,30,33H2,1-2H3. The molecule has 0 saturated heterocycles. The van der Waals surface area contributed by atoms with E-state index in [0.717, 1.165) is 59.3 Å². The molecule has 0 saturated carbocycles. The summed E-state index contributed by atoms with van der Waals surface area (Å²) in [5.41, 5.74) is 20.8. The van der Waals surface area contributed by atoms with Crippen molar-refractivity contribution in [2.75, 3.05) is 0 Å². The van der Waals surface area contributed by atoms with Crippen LogP contribution < -0.4 is 0 Å². The van der Waals surface area contributed by atoms with Gasteiger partial charge in [-0.2, -0.15) is 0 Å². The van der Waals surface area contributed by atoms with Crippen LogP contribution in [0.3, 0.4) is 0 Å². The minimum Gasteiger partial charge on any atom is -0.228 e. The van der Waals surface area contributed by atoms with Gasteiger partial charge in [0.1, 0.15) is 0 Å². The van der Waals surface area contributed by atoms with Gasteiger partial charge in [0.15, 0.2) is 5.82 Å². The topological polar surface area (TPSA) is 25.8 Å². The van der Waals surface area contributed by atoms with E-state index in [9.17, 15) is 0 Å². The first-order chi connectivity index (χ1) is 28.0. The molecule has 0 N–H and O–H groups in total. The van der Waals surface area contributed by atoms with Gasteiger partial charge >= 0.3 is 0 Å².